The number of nitrogens with zero attached hydrogens (tertiary/aromatic N) is 2. The van der Waals surface area contributed by atoms with Crippen molar-refractivity contribution in [3.63, 3.8) is 0 Å². The zero-order valence-corrected chi connectivity index (χ0v) is 12.9. The number of hydrogen-bond acceptors (Lipinski definition) is 4. The third-order valence-electron chi connectivity index (χ3n) is 2.76. The van der Waals surface area contributed by atoms with Crippen LogP contribution in [0.15, 0.2) is 27.2 Å². The van der Waals surface area contributed by atoms with Crippen LogP contribution in [0.5, 0.6) is 5.75 Å². The standard InChI is InChI=1S/C14H17BrN2O2/c1-4-14-16-13(17-19-14)8-18-12-6-5-10(15)7-11(12)9(2)3/h5-7,9H,4,8H2,1-3H3. The number of rotatable bonds is 5. The van der Waals surface area contributed by atoms with Crippen LogP contribution in [0.3, 0.4) is 0 Å². The Morgan fingerprint density at radius 3 is 2.79 bits per heavy atom. The Morgan fingerprint density at radius 1 is 1.37 bits per heavy atom. The molecule has 0 aliphatic rings. The molecule has 0 unspecified atom stereocenters. The van der Waals surface area contributed by atoms with E-state index in [1.807, 2.05) is 19.1 Å². The van der Waals surface area contributed by atoms with Gasteiger partial charge in [0.2, 0.25) is 11.7 Å². The Bertz CT molecular complexity index is 552. The molecule has 1 heterocycles. The molecule has 19 heavy (non-hydrogen) atoms. The first-order valence-corrected chi connectivity index (χ1v) is 7.13. The van der Waals surface area contributed by atoms with Crippen molar-refractivity contribution in [1.29, 1.82) is 0 Å². The number of hydrogen-bond donors (Lipinski definition) is 0. The van der Waals surface area contributed by atoms with Crippen LogP contribution >= 0.6 is 15.9 Å². The molecule has 5 heteroatoms. The van der Waals surface area contributed by atoms with Gasteiger partial charge < -0.3 is 9.26 Å². The second-order valence-electron chi connectivity index (χ2n) is 4.58. The number of aryl methyl sites for hydroxylation is 1. The number of benzene rings is 1. The zero-order chi connectivity index (χ0) is 13.8. The third kappa shape index (κ3) is 3.56. The van der Waals surface area contributed by atoms with E-state index in [0.717, 1.165) is 22.2 Å². The lowest BCUT2D eigenvalue weighted by Crippen LogP contribution is -2.01. The topological polar surface area (TPSA) is 48.2 Å². The van der Waals surface area contributed by atoms with Gasteiger partial charge >= 0.3 is 0 Å². The molecule has 1 aromatic heterocycles. The summed E-state index contributed by atoms with van der Waals surface area (Å²) in [4.78, 5) is 4.22. The summed E-state index contributed by atoms with van der Waals surface area (Å²) < 4.78 is 11.9. The van der Waals surface area contributed by atoms with Crippen LogP contribution in [0.25, 0.3) is 0 Å². The highest BCUT2D eigenvalue weighted by molar-refractivity contribution is 9.10. The molecule has 1 aromatic carbocycles. The monoisotopic (exact) mass is 324 g/mol. The third-order valence-corrected chi connectivity index (χ3v) is 3.26. The zero-order valence-electron chi connectivity index (χ0n) is 11.3. The lowest BCUT2D eigenvalue weighted by Gasteiger charge is -2.13. The molecule has 2 rings (SSSR count). The van der Waals surface area contributed by atoms with Crippen LogP contribution in [0.4, 0.5) is 0 Å². The van der Waals surface area contributed by atoms with Gasteiger partial charge in [-0.25, -0.2) is 0 Å². The number of halogens is 1. The quantitative estimate of drug-likeness (QED) is 0.830. The van der Waals surface area contributed by atoms with E-state index in [1.54, 1.807) is 0 Å². The first-order valence-electron chi connectivity index (χ1n) is 6.33. The SMILES string of the molecule is CCc1nc(COc2ccc(Br)cc2C(C)C)no1. The van der Waals surface area contributed by atoms with E-state index in [2.05, 4.69) is 46.0 Å². The van der Waals surface area contributed by atoms with Gasteiger partial charge in [-0.3, -0.25) is 0 Å². The second-order valence-corrected chi connectivity index (χ2v) is 5.50. The predicted molar refractivity (Wildman–Crippen MR) is 76.2 cm³/mol. The highest BCUT2D eigenvalue weighted by Gasteiger charge is 2.10. The fraction of sp³-hybridized carbons (Fsp3) is 0.429. The lowest BCUT2D eigenvalue weighted by molar-refractivity contribution is 0.281. The normalized spacial score (nSPS) is 11.0. The summed E-state index contributed by atoms with van der Waals surface area (Å²) in [5, 5.41) is 3.87. The molecule has 0 spiro atoms. The smallest absolute Gasteiger partial charge is 0.226 e. The van der Waals surface area contributed by atoms with Crippen LogP contribution in [-0.2, 0) is 13.0 Å². The minimum absolute atomic E-state index is 0.324. The van der Waals surface area contributed by atoms with Crippen LogP contribution in [0.1, 0.15) is 44.0 Å². The van der Waals surface area contributed by atoms with Crippen molar-refractivity contribution in [3.8, 4) is 5.75 Å². The fourth-order valence-electron chi connectivity index (χ4n) is 1.74. The Labute approximate surface area is 121 Å². The number of ether oxygens (including phenoxy) is 1. The van der Waals surface area contributed by atoms with Gasteiger partial charge in [0.05, 0.1) is 0 Å². The molecule has 0 radical (unpaired) electrons. The van der Waals surface area contributed by atoms with Crippen molar-refractivity contribution >= 4 is 15.9 Å². The van der Waals surface area contributed by atoms with E-state index in [1.165, 1.54) is 0 Å². The van der Waals surface area contributed by atoms with Crippen molar-refractivity contribution in [2.75, 3.05) is 0 Å². The highest BCUT2D eigenvalue weighted by atomic mass is 79.9. The van der Waals surface area contributed by atoms with Gasteiger partial charge in [-0.05, 0) is 29.7 Å². The maximum Gasteiger partial charge on any atom is 0.226 e. The fourth-order valence-corrected chi connectivity index (χ4v) is 2.12. The van der Waals surface area contributed by atoms with Crippen molar-refractivity contribution in [2.24, 2.45) is 0 Å². The summed E-state index contributed by atoms with van der Waals surface area (Å²) in [5.41, 5.74) is 1.16. The lowest BCUT2D eigenvalue weighted by atomic mass is 10.0. The van der Waals surface area contributed by atoms with E-state index in [4.69, 9.17) is 9.26 Å². The molecule has 0 aliphatic heterocycles. The first kappa shape index (κ1) is 14.1. The van der Waals surface area contributed by atoms with Gasteiger partial charge in [0, 0.05) is 10.9 Å². The maximum absolute atomic E-state index is 5.79. The molecular formula is C14H17BrN2O2. The minimum Gasteiger partial charge on any atom is -0.485 e. The minimum atomic E-state index is 0.324. The first-order chi connectivity index (χ1) is 9.10. The summed E-state index contributed by atoms with van der Waals surface area (Å²) in [6, 6.07) is 6.00. The van der Waals surface area contributed by atoms with Crippen LogP contribution in [-0.4, -0.2) is 10.1 Å². The van der Waals surface area contributed by atoms with Gasteiger partial charge in [0.25, 0.3) is 0 Å². The number of aromatic nitrogens is 2. The molecule has 0 aliphatic carbocycles. The second kappa shape index (κ2) is 6.19. The molecule has 0 bridgehead atoms. The summed E-state index contributed by atoms with van der Waals surface area (Å²) in [5.74, 6) is 2.47. The van der Waals surface area contributed by atoms with Gasteiger partial charge in [-0.15, -0.1) is 0 Å². The van der Waals surface area contributed by atoms with E-state index >= 15 is 0 Å². The molecule has 0 amide bonds. The summed E-state index contributed by atoms with van der Waals surface area (Å²) in [6.45, 7) is 6.57. The van der Waals surface area contributed by atoms with Gasteiger partial charge in [-0.1, -0.05) is 41.9 Å². The summed E-state index contributed by atoms with van der Waals surface area (Å²) in [7, 11) is 0. The van der Waals surface area contributed by atoms with E-state index < -0.39 is 0 Å². The maximum atomic E-state index is 5.79. The molecule has 0 saturated heterocycles. The average molecular weight is 325 g/mol. The van der Waals surface area contributed by atoms with Gasteiger partial charge in [0.1, 0.15) is 5.75 Å². The highest BCUT2D eigenvalue weighted by Crippen LogP contribution is 2.29. The van der Waals surface area contributed by atoms with E-state index in [-0.39, 0.29) is 0 Å². The molecule has 2 aromatic rings. The van der Waals surface area contributed by atoms with Crippen LogP contribution < -0.4 is 4.74 Å². The van der Waals surface area contributed by atoms with Crippen LogP contribution in [0, 0.1) is 0 Å². The molecular weight excluding hydrogens is 308 g/mol. The van der Waals surface area contributed by atoms with E-state index in [0.29, 0.717) is 24.2 Å². The van der Waals surface area contributed by atoms with Crippen molar-refractivity contribution in [1.82, 2.24) is 10.1 Å². The molecule has 0 atom stereocenters. The molecule has 0 fully saturated rings. The van der Waals surface area contributed by atoms with Gasteiger partial charge in [-0.2, -0.15) is 4.98 Å². The Morgan fingerprint density at radius 2 is 2.16 bits per heavy atom. The Balaban J connectivity index is 2.10. The predicted octanol–water partition coefficient (Wildman–Crippen LogP) is 4.10. The average Bonchev–Trinajstić information content (AvgIpc) is 2.85. The Kier molecular flexibility index (Phi) is 4.58. The van der Waals surface area contributed by atoms with E-state index in [9.17, 15) is 0 Å². The molecule has 4 nitrogen and oxygen atoms in total. The van der Waals surface area contributed by atoms with Crippen molar-refractivity contribution < 1.29 is 9.26 Å². The molecule has 0 saturated carbocycles. The van der Waals surface area contributed by atoms with Gasteiger partial charge in [0.15, 0.2) is 6.61 Å². The van der Waals surface area contributed by atoms with Crippen molar-refractivity contribution in [3.05, 3.63) is 40.0 Å². The largest absolute Gasteiger partial charge is 0.485 e. The Hall–Kier alpha value is -1.36. The van der Waals surface area contributed by atoms with Crippen molar-refractivity contribution in [2.45, 2.75) is 39.7 Å². The molecule has 0 N–H and O–H groups in total. The molecule has 102 valence electrons. The van der Waals surface area contributed by atoms with Crippen LogP contribution in [0.2, 0.25) is 0 Å². The summed E-state index contributed by atoms with van der Waals surface area (Å²) >= 11 is 3.48. The summed E-state index contributed by atoms with van der Waals surface area (Å²) in [6.07, 6.45) is 0.739.